The molecule has 0 spiro atoms. The lowest BCUT2D eigenvalue weighted by Crippen LogP contribution is -2.29. The number of hydrogen-bond acceptors (Lipinski definition) is 6. The summed E-state index contributed by atoms with van der Waals surface area (Å²) in [4.78, 5) is 39.7. The van der Waals surface area contributed by atoms with Crippen molar-refractivity contribution in [2.75, 3.05) is 13.7 Å². The number of Topliss-reactive ketones (excluding diaryl/α,β-unsaturated/α-hetero) is 1. The first-order valence-corrected chi connectivity index (χ1v) is 11.3. The van der Waals surface area contributed by atoms with Gasteiger partial charge in [0.15, 0.2) is 0 Å². The number of benzene rings is 3. The van der Waals surface area contributed by atoms with E-state index in [1.165, 1.54) is 24.1 Å². The van der Waals surface area contributed by atoms with Crippen molar-refractivity contribution < 1.29 is 33.4 Å². The van der Waals surface area contributed by atoms with Crippen LogP contribution >= 0.6 is 0 Å². The Morgan fingerprint density at radius 3 is 2.36 bits per heavy atom. The zero-order chi connectivity index (χ0) is 25.8. The zero-order valence-electron chi connectivity index (χ0n) is 19.7. The van der Waals surface area contributed by atoms with Crippen molar-refractivity contribution in [3.05, 3.63) is 106 Å². The smallest absolute Gasteiger partial charge is 0.338 e. The molecule has 1 heterocycles. The van der Waals surface area contributed by atoms with E-state index < -0.39 is 35.3 Å². The lowest BCUT2D eigenvalue weighted by atomic mass is 9.95. The number of carbonyl (C=O) groups is 3. The third kappa shape index (κ3) is 4.70. The largest absolute Gasteiger partial charge is 0.507 e. The lowest BCUT2D eigenvalue weighted by Gasteiger charge is -2.25. The van der Waals surface area contributed by atoms with Gasteiger partial charge in [0.1, 0.15) is 17.3 Å². The van der Waals surface area contributed by atoms with Gasteiger partial charge >= 0.3 is 5.97 Å². The third-order valence-electron chi connectivity index (χ3n) is 5.89. The highest BCUT2D eigenvalue weighted by molar-refractivity contribution is 6.46. The van der Waals surface area contributed by atoms with Gasteiger partial charge in [-0.2, -0.15) is 0 Å². The fourth-order valence-corrected chi connectivity index (χ4v) is 4.19. The van der Waals surface area contributed by atoms with Gasteiger partial charge in [0, 0.05) is 6.54 Å². The monoisotopic (exact) mass is 489 g/mol. The number of halogens is 1. The van der Waals surface area contributed by atoms with Crippen LogP contribution in [-0.2, 0) is 20.9 Å². The van der Waals surface area contributed by atoms with Crippen LogP contribution in [0.5, 0.6) is 5.75 Å². The normalized spacial score (nSPS) is 16.8. The molecule has 36 heavy (non-hydrogen) atoms. The Balaban J connectivity index is 1.79. The highest BCUT2D eigenvalue weighted by Gasteiger charge is 2.46. The Kier molecular flexibility index (Phi) is 7.15. The number of ether oxygens (including phenoxy) is 2. The SMILES string of the molecule is CCOC(=O)c1ccc(CN2C(=O)C(=O)/C(=C(/O)c3cc(F)ccc3OC)C2c2ccccc2)cc1. The minimum absolute atomic E-state index is 0.0320. The summed E-state index contributed by atoms with van der Waals surface area (Å²) in [5.74, 6) is -3.17. The summed E-state index contributed by atoms with van der Waals surface area (Å²) in [6, 6.07) is 17.9. The number of methoxy groups -OCH3 is 1. The number of amides is 1. The molecule has 1 N–H and O–H groups in total. The Morgan fingerprint density at radius 1 is 1.03 bits per heavy atom. The van der Waals surface area contributed by atoms with E-state index in [1.54, 1.807) is 61.5 Å². The fraction of sp³-hybridized carbons (Fsp3) is 0.179. The number of likely N-dealkylation sites (tertiary alicyclic amines) is 1. The molecular weight excluding hydrogens is 465 g/mol. The van der Waals surface area contributed by atoms with E-state index in [1.807, 2.05) is 0 Å². The van der Waals surface area contributed by atoms with Crippen molar-refractivity contribution in [3.8, 4) is 5.75 Å². The van der Waals surface area contributed by atoms with Gasteiger partial charge in [-0.05, 0) is 48.4 Å². The molecule has 1 aliphatic rings. The molecule has 1 aliphatic heterocycles. The molecule has 0 aromatic heterocycles. The topological polar surface area (TPSA) is 93.1 Å². The van der Waals surface area contributed by atoms with Crippen molar-refractivity contribution in [1.29, 1.82) is 0 Å². The minimum Gasteiger partial charge on any atom is -0.507 e. The molecule has 1 amide bonds. The summed E-state index contributed by atoms with van der Waals surface area (Å²) in [5.41, 5.74) is 1.42. The number of rotatable bonds is 7. The third-order valence-corrected chi connectivity index (χ3v) is 5.89. The average molecular weight is 489 g/mol. The molecule has 4 rings (SSSR count). The summed E-state index contributed by atoms with van der Waals surface area (Å²) in [5, 5.41) is 11.2. The molecule has 1 unspecified atom stereocenters. The molecule has 0 aliphatic carbocycles. The van der Waals surface area contributed by atoms with Gasteiger partial charge in [-0.3, -0.25) is 9.59 Å². The van der Waals surface area contributed by atoms with Crippen LogP contribution in [0, 0.1) is 5.82 Å². The summed E-state index contributed by atoms with van der Waals surface area (Å²) < 4.78 is 24.3. The average Bonchev–Trinajstić information content (AvgIpc) is 3.14. The molecule has 0 saturated carbocycles. The van der Waals surface area contributed by atoms with Gasteiger partial charge in [-0.1, -0.05) is 42.5 Å². The number of esters is 1. The molecule has 1 saturated heterocycles. The number of hydrogen-bond donors (Lipinski definition) is 1. The Morgan fingerprint density at radius 2 is 1.72 bits per heavy atom. The molecule has 3 aromatic carbocycles. The second-order valence-electron chi connectivity index (χ2n) is 8.10. The number of ketones is 1. The summed E-state index contributed by atoms with van der Waals surface area (Å²) in [6.07, 6.45) is 0. The van der Waals surface area contributed by atoms with Gasteiger partial charge in [0.25, 0.3) is 11.7 Å². The highest BCUT2D eigenvalue weighted by Crippen LogP contribution is 2.41. The Hall–Kier alpha value is -4.46. The zero-order valence-corrected chi connectivity index (χ0v) is 19.7. The van der Waals surface area contributed by atoms with Crippen molar-refractivity contribution in [3.63, 3.8) is 0 Å². The van der Waals surface area contributed by atoms with Gasteiger partial charge in [-0.15, -0.1) is 0 Å². The van der Waals surface area contributed by atoms with E-state index in [0.29, 0.717) is 16.7 Å². The second kappa shape index (κ2) is 10.4. The van der Waals surface area contributed by atoms with Gasteiger partial charge in [0.2, 0.25) is 0 Å². The fourth-order valence-electron chi connectivity index (χ4n) is 4.19. The minimum atomic E-state index is -0.927. The molecule has 7 nitrogen and oxygen atoms in total. The quantitative estimate of drug-likeness (QED) is 0.225. The molecule has 3 aromatic rings. The number of aliphatic hydroxyl groups is 1. The number of aliphatic hydroxyl groups excluding tert-OH is 1. The van der Waals surface area contributed by atoms with Crippen LogP contribution in [0.15, 0.2) is 78.4 Å². The molecular formula is C28H24FNO6. The van der Waals surface area contributed by atoms with E-state index in [9.17, 15) is 23.9 Å². The van der Waals surface area contributed by atoms with Gasteiger partial charge < -0.3 is 19.5 Å². The molecule has 8 heteroatoms. The summed E-state index contributed by atoms with van der Waals surface area (Å²) in [6.45, 7) is 1.99. The highest BCUT2D eigenvalue weighted by atomic mass is 19.1. The van der Waals surface area contributed by atoms with Crippen LogP contribution in [-0.4, -0.2) is 41.4 Å². The van der Waals surface area contributed by atoms with Crippen LogP contribution in [0.25, 0.3) is 5.76 Å². The van der Waals surface area contributed by atoms with E-state index in [0.717, 1.165) is 6.07 Å². The van der Waals surface area contributed by atoms with Crippen LogP contribution in [0.4, 0.5) is 4.39 Å². The Labute approximate surface area is 207 Å². The second-order valence-corrected chi connectivity index (χ2v) is 8.10. The van der Waals surface area contributed by atoms with Crippen molar-refractivity contribution in [2.45, 2.75) is 19.5 Å². The molecule has 0 radical (unpaired) electrons. The van der Waals surface area contributed by atoms with Gasteiger partial charge in [-0.25, -0.2) is 9.18 Å². The van der Waals surface area contributed by atoms with Crippen LogP contribution in [0.1, 0.15) is 40.0 Å². The first-order chi connectivity index (χ1) is 17.3. The molecule has 0 bridgehead atoms. The standard InChI is InChI=1S/C28H24FNO6/c1-3-36-28(34)19-11-9-17(10-12-19)16-30-24(18-7-5-4-6-8-18)23(26(32)27(30)33)25(31)21-15-20(29)13-14-22(21)35-2/h4-15,24,31H,3,16H2,1-2H3/b25-23+. The van der Waals surface area contributed by atoms with Crippen LogP contribution in [0.2, 0.25) is 0 Å². The maximum atomic E-state index is 14.0. The molecule has 184 valence electrons. The Bertz CT molecular complexity index is 1330. The van der Waals surface area contributed by atoms with Crippen molar-refractivity contribution in [2.24, 2.45) is 0 Å². The van der Waals surface area contributed by atoms with Gasteiger partial charge in [0.05, 0.1) is 36.5 Å². The van der Waals surface area contributed by atoms with Crippen LogP contribution in [0.3, 0.4) is 0 Å². The lowest BCUT2D eigenvalue weighted by molar-refractivity contribution is -0.140. The first-order valence-electron chi connectivity index (χ1n) is 11.3. The van der Waals surface area contributed by atoms with Crippen molar-refractivity contribution >= 4 is 23.4 Å². The van der Waals surface area contributed by atoms with E-state index >= 15 is 0 Å². The maximum Gasteiger partial charge on any atom is 0.338 e. The molecule has 1 fully saturated rings. The van der Waals surface area contributed by atoms with Crippen LogP contribution < -0.4 is 4.74 Å². The first kappa shape index (κ1) is 24.7. The molecule has 1 atom stereocenters. The van der Waals surface area contributed by atoms with E-state index in [4.69, 9.17) is 9.47 Å². The predicted molar refractivity (Wildman–Crippen MR) is 130 cm³/mol. The summed E-state index contributed by atoms with van der Waals surface area (Å²) in [7, 11) is 1.36. The summed E-state index contributed by atoms with van der Waals surface area (Å²) >= 11 is 0. The van der Waals surface area contributed by atoms with E-state index in [2.05, 4.69) is 0 Å². The number of carbonyl (C=O) groups excluding carboxylic acids is 3. The maximum absolute atomic E-state index is 14.0. The predicted octanol–water partition coefficient (Wildman–Crippen LogP) is 4.63. The number of nitrogens with zero attached hydrogens (tertiary/aromatic N) is 1. The van der Waals surface area contributed by atoms with Crippen molar-refractivity contribution in [1.82, 2.24) is 4.90 Å². The van der Waals surface area contributed by atoms with E-state index in [-0.39, 0.29) is 30.0 Å².